The van der Waals surface area contributed by atoms with Gasteiger partial charge in [0.15, 0.2) is 0 Å². The molecule has 0 aliphatic carbocycles. The van der Waals surface area contributed by atoms with Gasteiger partial charge in [-0.25, -0.2) is 12.4 Å². The Labute approximate surface area is 188 Å². The maximum Gasteiger partial charge on any atom is 0.268 e. The summed E-state index contributed by atoms with van der Waals surface area (Å²) in [6, 6.07) is 24.3. The van der Waals surface area contributed by atoms with Crippen LogP contribution in [0.5, 0.6) is 11.5 Å². The van der Waals surface area contributed by atoms with Crippen molar-refractivity contribution < 1.29 is 13.2 Å². The maximum atomic E-state index is 13.5. The van der Waals surface area contributed by atoms with E-state index in [2.05, 4.69) is 11.9 Å². The van der Waals surface area contributed by atoms with Gasteiger partial charge in [0, 0.05) is 17.6 Å². The number of hydrogen-bond acceptors (Lipinski definition) is 4. The molecule has 32 heavy (non-hydrogen) atoms. The van der Waals surface area contributed by atoms with E-state index in [1.165, 1.54) is 10.4 Å². The zero-order valence-electron chi connectivity index (χ0n) is 18.0. The van der Waals surface area contributed by atoms with E-state index < -0.39 is 10.0 Å². The number of nitrogens with zero attached hydrogens (tertiary/aromatic N) is 2. The third kappa shape index (κ3) is 3.92. The summed E-state index contributed by atoms with van der Waals surface area (Å²) in [6.07, 6.45) is 4.89. The highest BCUT2D eigenvalue weighted by Crippen LogP contribution is 2.33. The Kier molecular flexibility index (Phi) is 5.49. The van der Waals surface area contributed by atoms with Crippen molar-refractivity contribution in [3.05, 3.63) is 90.6 Å². The van der Waals surface area contributed by atoms with E-state index in [1.807, 2.05) is 54.6 Å². The van der Waals surface area contributed by atoms with Crippen molar-refractivity contribution in [2.24, 2.45) is 0 Å². The Morgan fingerprint density at radius 1 is 0.938 bits per heavy atom. The van der Waals surface area contributed by atoms with Gasteiger partial charge >= 0.3 is 0 Å². The van der Waals surface area contributed by atoms with Gasteiger partial charge in [-0.3, -0.25) is 0 Å². The summed E-state index contributed by atoms with van der Waals surface area (Å²) < 4.78 is 34.4. The van der Waals surface area contributed by atoms with Gasteiger partial charge in [-0.1, -0.05) is 36.4 Å². The van der Waals surface area contributed by atoms with Crippen LogP contribution in [0, 0.1) is 0 Å². The summed E-state index contributed by atoms with van der Waals surface area (Å²) >= 11 is 0. The van der Waals surface area contributed by atoms with Gasteiger partial charge in [-0.05, 0) is 80.9 Å². The van der Waals surface area contributed by atoms with Crippen LogP contribution in [0.25, 0.3) is 10.9 Å². The van der Waals surface area contributed by atoms with Crippen molar-refractivity contribution in [1.29, 1.82) is 0 Å². The molecular formula is C26H26N2O3S. The van der Waals surface area contributed by atoms with Crippen molar-refractivity contribution in [2.45, 2.75) is 30.2 Å². The summed E-state index contributed by atoms with van der Waals surface area (Å²) in [5.41, 5.74) is 1.70. The maximum absolute atomic E-state index is 13.5. The zero-order valence-corrected chi connectivity index (χ0v) is 18.8. The summed E-state index contributed by atoms with van der Waals surface area (Å²) in [7, 11) is -1.56. The number of rotatable bonds is 6. The molecule has 3 aromatic carbocycles. The van der Waals surface area contributed by atoms with Crippen molar-refractivity contribution in [3.63, 3.8) is 0 Å². The first-order valence-electron chi connectivity index (χ1n) is 10.9. The molecule has 0 unspecified atom stereocenters. The van der Waals surface area contributed by atoms with Gasteiger partial charge in [0.1, 0.15) is 11.5 Å². The summed E-state index contributed by atoms with van der Waals surface area (Å²) in [4.78, 5) is 2.64. The average Bonchev–Trinajstić information content (AvgIpc) is 3.39. The molecule has 0 N–H and O–H groups in total. The molecule has 1 atom stereocenters. The minimum atomic E-state index is -3.70. The highest BCUT2D eigenvalue weighted by Gasteiger charge is 2.26. The minimum Gasteiger partial charge on any atom is -0.457 e. The van der Waals surface area contributed by atoms with E-state index >= 15 is 0 Å². The Morgan fingerprint density at radius 2 is 1.66 bits per heavy atom. The number of likely N-dealkylation sites (tertiary alicyclic amines) is 1. The third-order valence-corrected chi connectivity index (χ3v) is 7.92. The second-order valence-corrected chi connectivity index (χ2v) is 10.2. The van der Waals surface area contributed by atoms with E-state index in [0.29, 0.717) is 17.3 Å². The van der Waals surface area contributed by atoms with E-state index in [0.717, 1.165) is 36.1 Å². The van der Waals surface area contributed by atoms with Crippen molar-refractivity contribution in [1.82, 2.24) is 8.87 Å². The first-order valence-corrected chi connectivity index (χ1v) is 12.3. The van der Waals surface area contributed by atoms with Gasteiger partial charge in [0.2, 0.25) is 0 Å². The second kappa shape index (κ2) is 8.45. The molecule has 2 heterocycles. The lowest BCUT2D eigenvalue weighted by Gasteiger charge is -2.18. The fourth-order valence-corrected chi connectivity index (χ4v) is 5.90. The molecule has 0 bridgehead atoms. The van der Waals surface area contributed by atoms with Gasteiger partial charge in [-0.15, -0.1) is 0 Å². The number of likely N-dealkylation sites (N-methyl/N-ethyl adjacent to an activating group) is 1. The van der Waals surface area contributed by atoms with Crippen LogP contribution < -0.4 is 4.74 Å². The van der Waals surface area contributed by atoms with E-state index in [-0.39, 0.29) is 4.90 Å². The van der Waals surface area contributed by atoms with Crippen LogP contribution in [0.1, 0.15) is 18.4 Å². The highest BCUT2D eigenvalue weighted by molar-refractivity contribution is 7.90. The van der Waals surface area contributed by atoms with Crippen molar-refractivity contribution in [2.75, 3.05) is 13.6 Å². The zero-order chi connectivity index (χ0) is 22.1. The fourth-order valence-electron chi connectivity index (χ4n) is 4.49. The predicted octanol–water partition coefficient (Wildman–Crippen LogP) is 5.31. The average molecular weight is 447 g/mol. The molecule has 4 aromatic rings. The third-order valence-electron chi connectivity index (χ3n) is 6.23. The van der Waals surface area contributed by atoms with Gasteiger partial charge in [-0.2, -0.15) is 0 Å². The molecule has 5 nitrogen and oxygen atoms in total. The summed E-state index contributed by atoms with van der Waals surface area (Å²) in [5, 5.41) is 0.915. The molecule has 0 spiro atoms. The molecule has 1 aromatic heterocycles. The van der Waals surface area contributed by atoms with Crippen LogP contribution in [0.2, 0.25) is 0 Å². The van der Waals surface area contributed by atoms with Crippen LogP contribution in [0.4, 0.5) is 0 Å². The monoisotopic (exact) mass is 446 g/mol. The van der Waals surface area contributed by atoms with Crippen LogP contribution in [0.15, 0.2) is 90.0 Å². The predicted molar refractivity (Wildman–Crippen MR) is 127 cm³/mol. The van der Waals surface area contributed by atoms with Crippen LogP contribution >= 0.6 is 0 Å². The van der Waals surface area contributed by atoms with E-state index in [9.17, 15) is 8.42 Å². The molecule has 1 aliphatic heterocycles. The van der Waals surface area contributed by atoms with Gasteiger partial charge < -0.3 is 9.64 Å². The summed E-state index contributed by atoms with van der Waals surface area (Å²) in [5.74, 6) is 1.44. The quantitative estimate of drug-likeness (QED) is 0.403. The van der Waals surface area contributed by atoms with E-state index in [4.69, 9.17) is 4.74 Å². The number of hydrogen-bond donors (Lipinski definition) is 0. The highest BCUT2D eigenvalue weighted by atomic mass is 32.2. The number of benzene rings is 3. The molecule has 6 heteroatoms. The fraction of sp³-hybridized carbons (Fsp3) is 0.231. The second-order valence-electron chi connectivity index (χ2n) is 8.34. The lowest BCUT2D eigenvalue weighted by molar-refractivity contribution is 0.310. The van der Waals surface area contributed by atoms with Crippen LogP contribution in [-0.2, 0) is 16.4 Å². The number of para-hydroxylation sites is 1. The molecule has 164 valence electrons. The Hall–Kier alpha value is -3.09. The molecule has 1 aliphatic rings. The SMILES string of the molecule is CN1CCC[C@@H]1Cc1cn(S(=O)(=O)c2ccccc2)c2ccc(Oc3ccccc3)cc12. The molecular weight excluding hydrogens is 420 g/mol. The standard InChI is InChI=1S/C26H26N2O3S/c1-27-16-8-9-21(27)17-20-19-28(32(29,30)24-12-6-3-7-13-24)26-15-14-23(18-25(20)26)31-22-10-4-2-5-11-22/h2-7,10-15,18-19,21H,8-9,16-17H2,1H3/t21-/m1/s1. The normalized spacial score (nSPS) is 17.1. The van der Waals surface area contributed by atoms with E-state index in [1.54, 1.807) is 30.5 Å². The number of ether oxygens (including phenoxy) is 1. The number of fused-ring (bicyclic) bond motifs is 1. The Balaban J connectivity index is 1.61. The molecule has 5 rings (SSSR count). The molecule has 0 radical (unpaired) electrons. The largest absolute Gasteiger partial charge is 0.457 e. The lowest BCUT2D eigenvalue weighted by Crippen LogP contribution is -2.26. The molecule has 1 saturated heterocycles. The first kappa shape index (κ1) is 20.8. The molecule has 0 amide bonds. The molecule has 0 saturated carbocycles. The molecule has 1 fully saturated rings. The van der Waals surface area contributed by atoms with Crippen LogP contribution in [0.3, 0.4) is 0 Å². The van der Waals surface area contributed by atoms with Gasteiger partial charge in [0.25, 0.3) is 10.0 Å². The summed E-state index contributed by atoms with van der Waals surface area (Å²) in [6.45, 7) is 1.08. The minimum absolute atomic E-state index is 0.283. The van der Waals surface area contributed by atoms with Gasteiger partial charge in [0.05, 0.1) is 10.4 Å². The first-order chi connectivity index (χ1) is 15.5. The van der Waals surface area contributed by atoms with Crippen LogP contribution in [-0.4, -0.2) is 36.9 Å². The lowest BCUT2D eigenvalue weighted by atomic mass is 10.0. The topological polar surface area (TPSA) is 51.5 Å². The van der Waals surface area contributed by atoms with Crippen molar-refractivity contribution >= 4 is 20.9 Å². The Morgan fingerprint density at radius 3 is 2.34 bits per heavy atom. The number of aromatic nitrogens is 1. The Bertz CT molecular complexity index is 1330. The van der Waals surface area contributed by atoms with Crippen molar-refractivity contribution in [3.8, 4) is 11.5 Å². The smallest absolute Gasteiger partial charge is 0.268 e.